The summed E-state index contributed by atoms with van der Waals surface area (Å²) in [6.45, 7) is 6.46. The number of halogens is 2. The predicted molar refractivity (Wildman–Crippen MR) is 82.6 cm³/mol. The first-order chi connectivity index (χ1) is 9.99. The molecule has 118 valence electrons. The van der Waals surface area contributed by atoms with Gasteiger partial charge in [-0.3, -0.25) is 4.79 Å². The zero-order chi connectivity index (χ0) is 15.9. The monoisotopic (exact) mass is 334 g/mol. The van der Waals surface area contributed by atoms with Crippen LogP contribution in [0.2, 0.25) is 10.0 Å². The van der Waals surface area contributed by atoms with E-state index >= 15 is 0 Å². The fourth-order valence-corrected chi connectivity index (χ4v) is 2.31. The molecule has 6 heteroatoms. The van der Waals surface area contributed by atoms with E-state index in [1.165, 1.54) is 0 Å². The quantitative estimate of drug-likeness (QED) is 0.528. The number of ether oxygens (including phenoxy) is 3. The van der Waals surface area contributed by atoms with E-state index in [-0.39, 0.29) is 6.42 Å². The van der Waals surface area contributed by atoms with Crippen LogP contribution in [0.4, 0.5) is 0 Å². The second-order valence-corrected chi connectivity index (χ2v) is 5.04. The van der Waals surface area contributed by atoms with Crippen molar-refractivity contribution in [3.63, 3.8) is 0 Å². The third-order valence-corrected chi connectivity index (χ3v) is 3.54. The van der Waals surface area contributed by atoms with Gasteiger partial charge in [0, 0.05) is 18.8 Å². The van der Waals surface area contributed by atoms with E-state index in [0.29, 0.717) is 35.4 Å². The van der Waals surface area contributed by atoms with Gasteiger partial charge in [-0.2, -0.15) is 0 Å². The van der Waals surface area contributed by atoms with E-state index in [9.17, 15) is 4.79 Å². The number of rotatable bonds is 8. The highest BCUT2D eigenvalue weighted by Gasteiger charge is 2.37. The van der Waals surface area contributed by atoms with E-state index < -0.39 is 11.8 Å². The van der Waals surface area contributed by atoms with Gasteiger partial charge < -0.3 is 14.2 Å². The molecule has 0 bridgehead atoms. The first-order valence-corrected chi connectivity index (χ1v) is 7.63. The maximum Gasteiger partial charge on any atom is 0.311 e. The lowest BCUT2D eigenvalue weighted by Crippen LogP contribution is -2.36. The van der Waals surface area contributed by atoms with Crippen LogP contribution in [0, 0.1) is 0 Å². The van der Waals surface area contributed by atoms with Crippen molar-refractivity contribution in [2.75, 3.05) is 19.8 Å². The molecule has 0 unspecified atom stereocenters. The second kappa shape index (κ2) is 8.59. The van der Waals surface area contributed by atoms with Crippen molar-refractivity contribution in [1.82, 2.24) is 0 Å². The van der Waals surface area contributed by atoms with Gasteiger partial charge in [0.15, 0.2) is 0 Å². The lowest BCUT2D eigenvalue weighted by atomic mass is 10.0. The van der Waals surface area contributed by atoms with E-state index in [1.54, 1.807) is 25.1 Å². The topological polar surface area (TPSA) is 44.8 Å². The molecule has 0 aromatic heterocycles. The Hall–Kier alpha value is -0.810. The van der Waals surface area contributed by atoms with Crippen molar-refractivity contribution < 1.29 is 19.0 Å². The van der Waals surface area contributed by atoms with Gasteiger partial charge in [0.2, 0.25) is 5.79 Å². The summed E-state index contributed by atoms with van der Waals surface area (Å²) in [5, 5.41) is 0.806. The molecular weight excluding hydrogens is 315 g/mol. The van der Waals surface area contributed by atoms with Crippen molar-refractivity contribution in [2.24, 2.45) is 0 Å². The lowest BCUT2D eigenvalue weighted by Gasteiger charge is -2.33. The minimum atomic E-state index is -1.22. The number of hydrogen-bond donors (Lipinski definition) is 0. The Labute approximate surface area is 135 Å². The Bertz CT molecular complexity index is 471. The molecule has 1 rings (SSSR count). The van der Waals surface area contributed by atoms with Gasteiger partial charge in [-0.1, -0.05) is 29.3 Å². The third kappa shape index (κ3) is 4.85. The van der Waals surface area contributed by atoms with E-state index in [4.69, 9.17) is 37.4 Å². The molecule has 0 spiro atoms. The number of carbonyl (C=O) groups is 1. The molecular formula is C15H20Cl2O4. The van der Waals surface area contributed by atoms with Gasteiger partial charge in [-0.15, -0.1) is 0 Å². The summed E-state index contributed by atoms with van der Waals surface area (Å²) < 4.78 is 16.5. The van der Waals surface area contributed by atoms with E-state index in [0.717, 1.165) is 0 Å². The molecule has 1 aromatic rings. The highest BCUT2D eigenvalue weighted by molar-refractivity contribution is 6.42. The first-order valence-electron chi connectivity index (χ1n) is 6.88. The highest BCUT2D eigenvalue weighted by Crippen LogP contribution is 2.35. The molecule has 4 nitrogen and oxygen atoms in total. The summed E-state index contributed by atoms with van der Waals surface area (Å²) in [4.78, 5) is 11.9. The fraction of sp³-hybridized carbons (Fsp3) is 0.533. The molecule has 1 aromatic carbocycles. The summed E-state index contributed by atoms with van der Waals surface area (Å²) in [5.41, 5.74) is 0.633. The van der Waals surface area contributed by atoms with Gasteiger partial charge >= 0.3 is 5.97 Å². The van der Waals surface area contributed by atoms with E-state index in [2.05, 4.69) is 0 Å². The van der Waals surface area contributed by atoms with Crippen LogP contribution in [0.3, 0.4) is 0 Å². The fourth-order valence-electron chi connectivity index (χ4n) is 2.01. The molecule has 0 saturated carbocycles. The number of esters is 1. The molecule has 0 atom stereocenters. The van der Waals surface area contributed by atoms with Crippen LogP contribution in [0.5, 0.6) is 0 Å². The Morgan fingerprint density at radius 1 is 1.05 bits per heavy atom. The van der Waals surface area contributed by atoms with Crippen LogP contribution < -0.4 is 0 Å². The van der Waals surface area contributed by atoms with Gasteiger partial charge in [0.25, 0.3) is 0 Å². The van der Waals surface area contributed by atoms with Gasteiger partial charge in [-0.25, -0.2) is 0 Å². The normalized spacial score (nSPS) is 11.5. The molecule has 0 amide bonds. The molecule has 21 heavy (non-hydrogen) atoms. The molecule has 0 aliphatic heterocycles. The number of hydrogen-bond acceptors (Lipinski definition) is 4. The van der Waals surface area contributed by atoms with Crippen molar-refractivity contribution in [3.05, 3.63) is 33.8 Å². The second-order valence-electron chi connectivity index (χ2n) is 4.23. The molecule has 0 saturated heterocycles. The van der Waals surface area contributed by atoms with Crippen molar-refractivity contribution >= 4 is 29.2 Å². The van der Waals surface area contributed by atoms with Gasteiger partial charge in [-0.05, 0) is 32.9 Å². The average Bonchev–Trinajstić information content (AvgIpc) is 2.42. The number of carbonyl (C=O) groups excluding carboxylic acids is 1. The van der Waals surface area contributed by atoms with Crippen LogP contribution in [0.25, 0.3) is 0 Å². The zero-order valence-electron chi connectivity index (χ0n) is 12.4. The summed E-state index contributed by atoms with van der Waals surface area (Å²) >= 11 is 12.0. The Kier molecular flexibility index (Phi) is 7.46. The summed E-state index contributed by atoms with van der Waals surface area (Å²) in [6, 6.07) is 5.03. The average molecular weight is 335 g/mol. The molecule has 0 radical (unpaired) electrons. The minimum absolute atomic E-state index is 0.0551. The standard InChI is InChI=1S/C15H20Cl2O4/c1-4-19-14(18)10-15(20-5-2,21-6-3)11-7-8-12(16)13(17)9-11/h7-9H,4-6,10H2,1-3H3. The highest BCUT2D eigenvalue weighted by atomic mass is 35.5. The SMILES string of the molecule is CCOC(=O)CC(OCC)(OCC)c1ccc(Cl)c(Cl)c1. The van der Waals surface area contributed by atoms with Crippen molar-refractivity contribution in [2.45, 2.75) is 33.0 Å². The van der Waals surface area contributed by atoms with Crippen LogP contribution >= 0.6 is 23.2 Å². The largest absolute Gasteiger partial charge is 0.466 e. The zero-order valence-corrected chi connectivity index (χ0v) is 14.0. The predicted octanol–water partition coefficient (Wildman–Crippen LogP) is 4.17. The molecule has 0 N–H and O–H groups in total. The Morgan fingerprint density at radius 2 is 1.67 bits per heavy atom. The van der Waals surface area contributed by atoms with Crippen LogP contribution in [0.15, 0.2) is 18.2 Å². The van der Waals surface area contributed by atoms with Gasteiger partial charge in [0.05, 0.1) is 16.7 Å². The lowest BCUT2D eigenvalue weighted by molar-refractivity contribution is -0.248. The van der Waals surface area contributed by atoms with Crippen LogP contribution in [-0.4, -0.2) is 25.8 Å². The molecule has 0 heterocycles. The molecule has 0 aliphatic carbocycles. The van der Waals surface area contributed by atoms with E-state index in [1.807, 2.05) is 13.8 Å². The van der Waals surface area contributed by atoms with Gasteiger partial charge in [0.1, 0.15) is 6.42 Å². The Balaban J connectivity index is 3.19. The first kappa shape index (κ1) is 18.2. The van der Waals surface area contributed by atoms with Crippen LogP contribution in [-0.2, 0) is 24.8 Å². The summed E-state index contributed by atoms with van der Waals surface area (Å²) in [5.74, 6) is -1.62. The van der Waals surface area contributed by atoms with Crippen molar-refractivity contribution in [1.29, 1.82) is 0 Å². The van der Waals surface area contributed by atoms with Crippen molar-refractivity contribution in [3.8, 4) is 0 Å². The maximum absolute atomic E-state index is 11.9. The summed E-state index contributed by atoms with van der Waals surface area (Å²) in [7, 11) is 0. The van der Waals surface area contributed by atoms with Crippen LogP contribution in [0.1, 0.15) is 32.8 Å². The third-order valence-electron chi connectivity index (χ3n) is 2.80. The number of benzene rings is 1. The smallest absolute Gasteiger partial charge is 0.311 e. The Morgan fingerprint density at radius 3 is 2.14 bits per heavy atom. The molecule has 0 fully saturated rings. The molecule has 0 aliphatic rings. The maximum atomic E-state index is 11.9. The minimum Gasteiger partial charge on any atom is -0.466 e. The summed E-state index contributed by atoms with van der Waals surface area (Å²) in [6.07, 6.45) is -0.0551.